The van der Waals surface area contributed by atoms with Crippen LogP contribution in [0.1, 0.15) is 52.9 Å². The lowest BCUT2D eigenvalue weighted by atomic mass is 9.84. The van der Waals surface area contributed by atoms with Crippen LogP contribution in [0.15, 0.2) is 0 Å². The zero-order valence-electron chi connectivity index (χ0n) is 11.6. The Bertz CT molecular complexity index is 222. The number of hydrogen-bond donors (Lipinski definition) is 2. The fourth-order valence-electron chi connectivity index (χ4n) is 2.43. The van der Waals surface area contributed by atoms with Crippen molar-refractivity contribution in [2.24, 2.45) is 11.8 Å². The van der Waals surface area contributed by atoms with E-state index in [1.165, 1.54) is 32.1 Å². The van der Waals surface area contributed by atoms with Crippen LogP contribution in [0.4, 0.5) is 0 Å². The molecule has 0 aromatic heterocycles. The molecule has 1 atom stereocenters. The third kappa shape index (κ3) is 6.06. The van der Waals surface area contributed by atoms with Crippen LogP contribution in [-0.4, -0.2) is 25.0 Å². The van der Waals surface area contributed by atoms with Crippen molar-refractivity contribution in [1.82, 2.24) is 10.6 Å². The monoisotopic (exact) mass is 240 g/mol. The second kappa shape index (κ2) is 7.70. The van der Waals surface area contributed by atoms with Gasteiger partial charge >= 0.3 is 0 Å². The zero-order chi connectivity index (χ0) is 12.7. The molecule has 0 radical (unpaired) electrons. The minimum Gasteiger partial charge on any atom is -0.355 e. The van der Waals surface area contributed by atoms with Crippen LogP contribution in [0.3, 0.4) is 0 Å². The molecule has 3 heteroatoms. The maximum Gasteiger partial charge on any atom is 0.233 e. The molecule has 0 aromatic rings. The van der Waals surface area contributed by atoms with Gasteiger partial charge in [-0.1, -0.05) is 33.1 Å². The van der Waals surface area contributed by atoms with Gasteiger partial charge in [0.1, 0.15) is 0 Å². The van der Waals surface area contributed by atoms with Gasteiger partial charge in [0.2, 0.25) is 5.91 Å². The summed E-state index contributed by atoms with van der Waals surface area (Å²) < 4.78 is 0. The number of carbonyl (C=O) groups excluding carboxylic acids is 1. The molecule has 1 rings (SSSR count). The molecule has 0 spiro atoms. The van der Waals surface area contributed by atoms with Crippen LogP contribution in [0.2, 0.25) is 0 Å². The quantitative estimate of drug-likeness (QED) is 0.748. The highest BCUT2D eigenvalue weighted by Gasteiger charge is 2.19. The highest BCUT2D eigenvalue weighted by atomic mass is 16.1. The largest absolute Gasteiger partial charge is 0.355 e. The van der Waals surface area contributed by atoms with E-state index in [0.29, 0.717) is 18.5 Å². The van der Waals surface area contributed by atoms with Gasteiger partial charge in [-0.25, -0.2) is 0 Å². The van der Waals surface area contributed by atoms with Gasteiger partial charge in [0.15, 0.2) is 0 Å². The van der Waals surface area contributed by atoms with Gasteiger partial charge in [-0.15, -0.1) is 0 Å². The highest BCUT2D eigenvalue weighted by molar-refractivity contribution is 5.77. The number of rotatable bonds is 6. The predicted molar refractivity (Wildman–Crippen MR) is 71.9 cm³/mol. The Morgan fingerprint density at radius 3 is 2.41 bits per heavy atom. The minimum atomic E-state index is 0.126. The van der Waals surface area contributed by atoms with E-state index in [4.69, 9.17) is 0 Å². The van der Waals surface area contributed by atoms with Crippen molar-refractivity contribution in [3.8, 4) is 0 Å². The van der Waals surface area contributed by atoms with E-state index in [1.54, 1.807) is 0 Å². The molecular weight excluding hydrogens is 212 g/mol. The first-order valence-corrected chi connectivity index (χ1v) is 7.09. The third-order valence-corrected chi connectivity index (χ3v) is 3.65. The molecule has 1 amide bonds. The van der Waals surface area contributed by atoms with Gasteiger partial charge in [-0.05, 0) is 31.6 Å². The third-order valence-electron chi connectivity index (χ3n) is 3.65. The van der Waals surface area contributed by atoms with Gasteiger partial charge in [0, 0.05) is 12.6 Å². The van der Waals surface area contributed by atoms with E-state index in [9.17, 15) is 4.79 Å². The maximum atomic E-state index is 11.6. The Morgan fingerprint density at radius 1 is 1.18 bits per heavy atom. The predicted octanol–water partition coefficient (Wildman–Crippen LogP) is 2.32. The first-order chi connectivity index (χ1) is 8.09. The van der Waals surface area contributed by atoms with Crippen LogP contribution < -0.4 is 10.6 Å². The molecule has 0 heterocycles. The van der Waals surface area contributed by atoms with Gasteiger partial charge in [-0.2, -0.15) is 0 Å². The average Bonchev–Trinajstić information content (AvgIpc) is 2.34. The lowest BCUT2D eigenvalue weighted by Gasteiger charge is -2.28. The first-order valence-electron chi connectivity index (χ1n) is 7.09. The fourth-order valence-corrected chi connectivity index (χ4v) is 2.43. The van der Waals surface area contributed by atoms with Crippen LogP contribution >= 0.6 is 0 Å². The topological polar surface area (TPSA) is 41.1 Å². The Hall–Kier alpha value is -0.570. The SMILES string of the molecule is CC(C)CNC(=O)CNC(C)C1CCCCC1. The second-order valence-corrected chi connectivity index (χ2v) is 5.77. The molecule has 0 aliphatic heterocycles. The summed E-state index contributed by atoms with van der Waals surface area (Å²) in [5.41, 5.74) is 0. The van der Waals surface area contributed by atoms with E-state index >= 15 is 0 Å². The van der Waals surface area contributed by atoms with E-state index in [2.05, 4.69) is 31.4 Å². The molecule has 0 saturated heterocycles. The molecule has 1 fully saturated rings. The number of amides is 1. The van der Waals surface area contributed by atoms with Crippen LogP contribution in [0.5, 0.6) is 0 Å². The molecule has 1 saturated carbocycles. The van der Waals surface area contributed by atoms with Gasteiger partial charge in [-0.3, -0.25) is 4.79 Å². The molecule has 1 unspecified atom stereocenters. The summed E-state index contributed by atoms with van der Waals surface area (Å²) in [6, 6.07) is 0.472. The van der Waals surface area contributed by atoms with Crippen LogP contribution in [-0.2, 0) is 4.79 Å². The van der Waals surface area contributed by atoms with Crippen molar-refractivity contribution < 1.29 is 4.79 Å². The van der Waals surface area contributed by atoms with E-state index < -0.39 is 0 Å². The van der Waals surface area contributed by atoms with Crippen molar-refractivity contribution >= 4 is 5.91 Å². The number of carbonyl (C=O) groups is 1. The standard InChI is InChI=1S/C14H28N2O/c1-11(2)9-16-14(17)10-15-12(3)13-7-5-4-6-8-13/h11-13,15H,4-10H2,1-3H3,(H,16,17). The maximum absolute atomic E-state index is 11.6. The minimum absolute atomic E-state index is 0.126. The summed E-state index contributed by atoms with van der Waals surface area (Å²) in [5.74, 6) is 1.41. The normalized spacial score (nSPS) is 19.3. The van der Waals surface area contributed by atoms with E-state index in [0.717, 1.165) is 12.5 Å². The number of hydrogen-bond acceptors (Lipinski definition) is 2. The molecule has 0 bridgehead atoms. The summed E-state index contributed by atoms with van der Waals surface area (Å²) in [6.07, 6.45) is 6.74. The van der Waals surface area contributed by atoms with Gasteiger partial charge in [0.05, 0.1) is 6.54 Å². The van der Waals surface area contributed by atoms with Crippen LogP contribution in [0.25, 0.3) is 0 Å². The fraction of sp³-hybridized carbons (Fsp3) is 0.929. The van der Waals surface area contributed by atoms with Crippen molar-refractivity contribution in [2.45, 2.75) is 58.9 Å². The molecule has 17 heavy (non-hydrogen) atoms. The van der Waals surface area contributed by atoms with E-state index in [1.807, 2.05) is 0 Å². The lowest BCUT2D eigenvalue weighted by molar-refractivity contribution is -0.120. The smallest absolute Gasteiger partial charge is 0.233 e. The summed E-state index contributed by atoms with van der Waals surface area (Å²) in [5, 5.41) is 6.30. The van der Waals surface area contributed by atoms with Gasteiger partial charge in [0.25, 0.3) is 0 Å². The molecule has 0 aromatic carbocycles. The summed E-state index contributed by atoms with van der Waals surface area (Å²) in [6.45, 7) is 7.67. The summed E-state index contributed by atoms with van der Waals surface area (Å²) >= 11 is 0. The van der Waals surface area contributed by atoms with Crippen molar-refractivity contribution in [1.29, 1.82) is 0 Å². The number of nitrogens with one attached hydrogen (secondary N) is 2. The van der Waals surface area contributed by atoms with Crippen molar-refractivity contribution in [2.75, 3.05) is 13.1 Å². The highest BCUT2D eigenvalue weighted by Crippen LogP contribution is 2.26. The Kier molecular flexibility index (Phi) is 6.56. The molecule has 1 aliphatic rings. The molecular formula is C14H28N2O. The summed E-state index contributed by atoms with van der Waals surface area (Å²) in [4.78, 5) is 11.6. The molecule has 1 aliphatic carbocycles. The van der Waals surface area contributed by atoms with Gasteiger partial charge < -0.3 is 10.6 Å². The first kappa shape index (κ1) is 14.5. The molecule has 2 N–H and O–H groups in total. The Balaban J connectivity index is 2.13. The van der Waals surface area contributed by atoms with Crippen molar-refractivity contribution in [3.63, 3.8) is 0 Å². The lowest BCUT2D eigenvalue weighted by Crippen LogP contribution is -2.42. The molecule has 100 valence electrons. The Labute approximate surface area is 106 Å². The zero-order valence-corrected chi connectivity index (χ0v) is 11.6. The molecule has 3 nitrogen and oxygen atoms in total. The Morgan fingerprint density at radius 2 is 1.82 bits per heavy atom. The van der Waals surface area contributed by atoms with Crippen molar-refractivity contribution in [3.05, 3.63) is 0 Å². The van der Waals surface area contributed by atoms with Crippen LogP contribution in [0, 0.1) is 11.8 Å². The van der Waals surface area contributed by atoms with E-state index in [-0.39, 0.29) is 5.91 Å². The second-order valence-electron chi connectivity index (χ2n) is 5.77. The average molecular weight is 240 g/mol. The summed E-state index contributed by atoms with van der Waals surface area (Å²) in [7, 11) is 0.